The van der Waals surface area contributed by atoms with Crippen LogP contribution in [0.2, 0.25) is 0 Å². The number of fused-ring (bicyclic) bond motifs is 1. The Morgan fingerprint density at radius 1 is 1.40 bits per heavy atom. The van der Waals surface area contributed by atoms with Crippen molar-refractivity contribution in [3.8, 4) is 5.75 Å². The fraction of sp³-hybridized carbons (Fsp3) is 0.333. The van der Waals surface area contributed by atoms with Gasteiger partial charge in [-0.1, -0.05) is 6.07 Å². The molecule has 0 aliphatic carbocycles. The van der Waals surface area contributed by atoms with E-state index in [9.17, 15) is 0 Å². The summed E-state index contributed by atoms with van der Waals surface area (Å²) in [6.45, 7) is 1.99. The molecule has 0 bridgehead atoms. The lowest BCUT2D eigenvalue weighted by Crippen LogP contribution is -2.04. The molecule has 0 amide bonds. The number of nitrogens with zero attached hydrogens (tertiary/aromatic N) is 1. The van der Waals surface area contributed by atoms with E-state index in [1.165, 1.54) is 0 Å². The van der Waals surface area contributed by atoms with E-state index in [4.69, 9.17) is 10.5 Å². The molecule has 3 nitrogen and oxygen atoms in total. The number of benzene rings is 1. The van der Waals surface area contributed by atoms with Crippen molar-refractivity contribution in [2.45, 2.75) is 13.0 Å². The van der Waals surface area contributed by atoms with Crippen LogP contribution in [0.1, 0.15) is 18.5 Å². The first-order valence-electron chi connectivity index (χ1n) is 5.02. The molecule has 2 rings (SSSR count). The highest BCUT2D eigenvalue weighted by molar-refractivity contribution is 5.90. The normalized spacial score (nSPS) is 13.1. The van der Waals surface area contributed by atoms with E-state index in [0.717, 1.165) is 22.2 Å². The molecule has 0 aliphatic rings. The molecule has 0 spiro atoms. The molecule has 1 atom stereocenters. The summed E-state index contributed by atoms with van der Waals surface area (Å²) in [4.78, 5) is 0. The highest BCUT2D eigenvalue weighted by atomic mass is 16.5. The van der Waals surface area contributed by atoms with Crippen molar-refractivity contribution in [1.82, 2.24) is 4.57 Å². The molecule has 1 unspecified atom stereocenters. The molecule has 3 heteroatoms. The molecule has 2 aromatic rings. The second kappa shape index (κ2) is 3.59. The van der Waals surface area contributed by atoms with Gasteiger partial charge in [-0.2, -0.15) is 0 Å². The van der Waals surface area contributed by atoms with Crippen LogP contribution in [0.4, 0.5) is 0 Å². The molecule has 0 fully saturated rings. The van der Waals surface area contributed by atoms with Gasteiger partial charge in [0.1, 0.15) is 5.75 Å². The topological polar surface area (TPSA) is 40.2 Å². The van der Waals surface area contributed by atoms with Crippen LogP contribution in [0.3, 0.4) is 0 Å². The van der Waals surface area contributed by atoms with Gasteiger partial charge in [0.25, 0.3) is 0 Å². The Hall–Kier alpha value is -1.48. The van der Waals surface area contributed by atoms with E-state index in [0.29, 0.717) is 0 Å². The molecular weight excluding hydrogens is 188 g/mol. The molecule has 1 aromatic carbocycles. The van der Waals surface area contributed by atoms with Crippen molar-refractivity contribution < 1.29 is 4.74 Å². The van der Waals surface area contributed by atoms with Crippen LogP contribution in [-0.2, 0) is 7.05 Å². The zero-order chi connectivity index (χ0) is 11.0. The largest absolute Gasteiger partial charge is 0.496 e. The minimum atomic E-state index is 0.0185. The fourth-order valence-electron chi connectivity index (χ4n) is 1.96. The average Bonchev–Trinajstić information content (AvgIpc) is 2.56. The van der Waals surface area contributed by atoms with Crippen molar-refractivity contribution in [2.24, 2.45) is 12.8 Å². The first kappa shape index (κ1) is 10.1. The average molecular weight is 204 g/mol. The number of rotatable bonds is 2. The number of methoxy groups -OCH3 is 1. The molecule has 1 aromatic heterocycles. The maximum Gasteiger partial charge on any atom is 0.128 e. The summed E-state index contributed by atoms with van der Waals surface area (Å²) in [5.74, 6) is 0.889. The molecule has 0 saturated heterocycles. The van der Waals surface area contributed by atoms with Crippen LogP contribution in [0.25, 0.3) is 10.9 Å². The third kappa shape index (κ3) is 1.49. The van der Waals surface area contributed by atoms with Crippen LogP contribution in [0.5, 0.6) is 5.75 Å². The number of hydrogen-bond donors (Lipinski definition) is 1. The lowest BCUT2D eigenvalue weighted by atomic mass is 10.1. The quantitative estimate of drug-likeness (QED) is 0.814. The van der Waals surface area contributed by atoms with Crippen molar-refractivity contribution in [2.75, 3.05) is 7.11 Å². The Morgan fingerprint density at radius 3 is 2.73 bits per heavy atom. The molecule has 1 heterocycles. The van der Waals surface area contributed by atoms with Gasteiger partial charge in [-0.25, -0.2) is 0 Å². The summed E-state index contributed by atoms with van der Waals surface area (Å²) < 4.78 is 7.44. The second-order valence-corrected chi connectivity index (χ2v) is 3.84. The van der Waals surface area contributed by atoms with E-state index in [-0.39, 0.29) is 6.04 Å². The zero-order valence-corrected chi connectivity index (χ0v) is 9.32. The molecule has 0 radical (unpaired) electrons. The predicted octanol–water partition coefficient (Wildman–Crippen LogP) is 2.21. The third-order valence-corrected chi connectivity index (χ3v) is 2.72. The third-order valence-electron chi connectivity index (χ3n) is 2.72. The van der Waals surface area contributed by atoms with Crippen LogP contribution in [0, 0.1) is 0 Å². The van der Waals surface area contributed by atoms with E-state index < -0.39 is 0 Å². The Labute approximate surface area is 89.4 Å². The molecule has 15 heavy (non-hydrogen) atoms. The SMILES string of the molecule is COc1cccc2c1c(C(C)N)cn2C. The number of aryl methyl sites for hydroxylation is 1. The Morgan fingerprint density at radius 2 is 2.13 bits per heavy atom. The summed E-state index contributed by atoms with van der Waals surface area (Å²) in [7, 11) is 3.71. The van der Waals surface area contributed by atoms with Crippen LogP contribution in [0.15, 0.2) is 24.4 Å². The Kier molecular flexibility index (Phi) is 2.40. The van der Waals surface area contributed by atoms with Crippen molar-refractivity contribution in [3.05, 3.63) is 30.0 Å². The van der Waals surface area contributed by atoms with Gasteiger partial charge in [0.05, 0.1) is 12.6 Å². The number of aromatic nitrogens is 1. The van der Waals surface area contributed by atoms with E-state index in [1.54, 1.807) is 7.11 Å². The van der Waals surface area contributed by atoms with Gasteiger partial charge in [-0.05, 0) is 24.6 Å². The molecule has 0 aliphatic heterocycles. The molecular formula is C12H16N2O. The highest BCUT2D eigenvalue weighted by Crippen LogP contribution is 2.32. The second-order valence-electron chi connectivity index (χ2n) is 3.84. The Bertz CT molecular complexity index is 486. The summed E-state index contributed by atoms with van der Waals surface area (Å²) in [6.07, 6.45) is 2.07. The Balaban J connectivity index is 2.82. The summed E-state index contributed by atoms with van der Waals surface area (Å²) in [5.41, 5.74) is 8.23. The molecule has 80 valence electrons. The minimum Gasteiger partial charge on any atom is -0.496 e. The smallest absolute Gasteiger partial charge is 0.128 e. The summed E-state index contributed by atoms with van der Waals surface area (Å²) >= 11 is 0. The van der Waals surface area contributed by atoms with Gasteiger partial charge in [0.15, 0.2) is 0 Å². The van der Waals surface area contributed by atoms with E-state index in [1.807, 2.05) is 26.1 Å². The lowest BCUT2D eigenvalue weighted by molar-refractivity contribution is 0.419. The maximum atomic E-state index is 5.95. The fourth-order valence-corrected chi connectivity index (χ4v) is 1.96. The van der Waals surface area contributed by atoms with Gasteiger partial charge in [-0.15, -0.1) is 0 Å². The lowest BCUT2D eigenvalue weighted by Gasteiger charge is -2.06. The zero-order valence-electron chi connectivity index (χ0n) is 9.32. The summed E-state index contributed by atoms with van der Waals surface area (Å²) in [6, 6.07) is 6.05. The van der Waals surface area contributed by atoms with Crippen molar-refractivity contribution >= 4 is 10.9 Å². The van der Waals surface area contributed by atoms with Gasteiger partial charge < -0.3 is 15.0 Å². The molecule has 2 N–H and O–H groups in total. The van der Waals surface area contributed by atoms with Crippen LogP contribution in [-0.4, -0.2) is 11.7 Å². The first-order valence-corrected chi connectivity index (χ1v) is 5.02. The monoisotopic (exact) mass is 204 g/mol. The summed E-state index contributed by atoms with van der Waals surface area (Å²) in [5, 5.41) is 1.12. The number of ether oxygens (including phenoxy) is 1. The highest BCUT2D eigenvalue weighted by Gasteiger charge is 2.13. The maximum absolute atomic E-state index is 5.95. The number of hydrogen-bond acceptors (Lipinski definition) is 2. The standard InChI is InChI=1S/C12H16N2O/c1-8(13)9-7-14(2)10-5-4-6-11(15-3)12(9)10/h4-8H,13H2,1-3H3. The van der Waals surface area contributed by atoms with Gasteiger partial charge >= 0.3 is 0 Å². The van der Waals surface area contributed by atoms with Crippen LogP contribution >= 0.6 is 0 Å². The first-order chi connectivity index (χ1) is 7.15. The number of nitrogens with two attached hydrogens (primary N) is 1. The van der Waals surface area contributed by atoms with Gasteiger partial charge in [0.2, 0.25) is 0 Å². The minimum absolute atomic E-state index is 0.0185. The van der Waals surface area contributed by atoms with E-state index >= 15 is 0 Å². The predicted molar refractivity (Wildman–Crippen MR) is 62.1 cm³/mol. The van der Waals surface area contributed by atoms with E-state index in [2.05, 4.69) is 16.8 Å². The van der Waals surface area contributed by atoms with Crippen molar-refractivity contribution in [1.29, 1.82) is 0 Å². The van der Waals surface area contributed by atoms with Crippen LogP contribution < -0.4 is 10.5 Å². The van der Waals surface area contributed by atoms with Gasteiger partial charge in [0, 0.05) is 24.7 Å². The van der Waals surface area contributed by atoms with Crippen molar-refractivity contribution in [3.63, 3.8) is 0 Å². The molecule has 0 saturated carbocycles. The van der Waals surface area contributed by atoms with Gasteiger partial charge in [-0.3, -0.25) is 0 Å².